The molecule has 0 heterocycles. The summed E-state index contributed by atoms with van der Waals surface area (Å²) in [5, 5.41) is 10.2. The van der Waals surface area contributed by atoms with E-state index in [1.54, 1.807) is 6.92 Å². The van der Waals surface area contributed by atoms with Crippen LogP contribution in [0.15, 0.2) is 12.1 Å². The third-order valence-electron chi connectivity index (χ3n) is 2.28. The maximum atomic E-state index is 13.6. The van der Waals surface area contributed by atoms with Crippen LogP contribution < -0.4 is 9.84 Å². The van der Waals surface area contributed by atoms with Crippen LogP contribution >= 0.6 is 11.6 Å². The Hall–Kier alpha value is -2.15. The number of halogens is 2. The number of ether oxygens (including phenoxy) is 2. The van der Waals surface area contributed by atoms with Crippen LogP contribution in [0.3, 0.4) is 0 Å². The van der Waals surface area contributed by atoms with Crippen LogP contribution in [0.2, 0.25) is 5.02 Å². The summed E-state index contributed by atoms with van der Waals surface area (Å²) < 4.78 is 23.2. The number of esters is 1. The zero-order valence-electron chi connectivity index (χ0n) is 11.0. The number of ketones is 1. The van der Waals surface area contributed by atoms with Crippen LogP contribution in [-0.2, 0) is 14.3 Å². The van der Waals surface area contributed by atoms with Crippen LogP contribution in [0.1, 0.15) is 23.7 Å². The zero-order valence-corrected chi connectivity index (χ0v) is 11.7. The number of benzene rings is 1. The van der Waals surface area contributed by atoms with Crippen LogP contribution in [0.4, 0.5) is 4.39 Å². The number of rotatable bonds is 7. The van der Waals surface area contributed by atoms with E-state index in [2.05, 4.69) is 4.74 Å². The Morgan fingerprint density at radius 1 is 1.33 bits per heavy atom. The third-order valence-corrected chi connectivity index (χ3v) is 2.57. The summed E-state index contributed by atoms with van der Waals surface area (Å²) in [6.45, 7) is 1.29. The lowest BCUT2D eigenvalue weighted by molar-refractivity contribution is -0.304. The van der Waals surface area contributed by atoms with Gasteiger partial charge in [0.15, 0.2) is 12.4 Å². The summed E-state index contributed by atoms with van der Waals surface area (Å²) in [6.07, 6.45) is -0.976. The maximum Gasteiger partial charge on any atom is 0.344 e. The van der Waals surface area contributed by atoms with Gasteiger partial charge in [0, 0.05) is 5.97 Å². The summed E-state index contributed by atoms with van der Waals surface area (Å²) >= 11 is 5.72. The largest absolute Gasteiger partial charge is 0.550 e. The van der Waals surface area contributed by atoms with Gasteiger partial charge >= 0.3 is 5.97 Å². The van der Waals surface area contributed by atoms with E-state index in [4.69, 9.17) is 16.3 Å². The average molecular weight is 318 g/mol. The number of carboxylic acid groups (broad SMARTS) is 1. The van der Waals surface area contributed by atoms with E-state index in [9.17, 15) is 23.9 Å². The standard InChI is InChI=1S/C13H12ClFO6/c1-2-20-13(19)6-21-11-3-7(9(15)4-8(11)14)10(16)5-12(17)18/h3-4H,2,5-6H2,1H3,(H,17,18)/p-1. The van der Waals surface area contributed by atoms with Gasteiger partial charge in [-0.15, -0.1) is 0 Å². The van der Waals surface area contributed by atoms with E-state index < -0.39 is 42.1 Å². The summed E-state index contributed by atoms with van der Waals surface area (Å²) in [7, 11) is 0. The summed E-state index contributed by atoms with van der Waals surface area (Å²) in [5.41, 5.74) is -0.512. The molecular weight excluding hydrogens is 307 g/mol. The number of carbonyl (C=O) groups is 3. The first-order valence-corrected chi connectivity index (χ1v) is 6.23. The van der Waals surface area contributed by atoms with Crippen molar-refractivity contribution in [2.24, 2.45) is 0 Å². The molecule has 1 aromatic carbocycles. The lowest BCUT2D eigenvalue weighted by Crippen LogP contribution is -2.25. The number of hydrogen-bond acceptors (Lipinski definition) is 6. The van der Waals surface area contributed by atoms with E-state index in [0.29, 0.717) is 0 Å². The molecule has 0 aliphatic heterocycles. The molecule has 6 nitrogen and oxygen atoms in total. The van der Waals surface area contributed by atoms with Crippen LogP contribution in [0.5, 0.6) is 5.75 Å². The molecule has 0 saturated carbocycles. The topological polar surface area (TPSA) is 92.7 Å². The van der Waals surface area contributed by atoms with E-state index in [-0.39, 0.29) is 17.4 Å². The van der Waals surface area contributed by atoms with Crippen molar-refractivity contribution in [1.29, 1.82) is 0 Å². The van der Waals surface area contributed by atoms with Gasteiger partial charge in [0.1, 0.15) is 11.6 Å². The van der Waals surface area contributed by atoms with Crippen LogP contribution in [0, 0.1) is 5.82 Å². The number of aliphatic carboxylic acids is 1. The van der Waals surface area contributed by atoms with Gasteiger partial charge in [-0.1, -0.05) is 11.6 Å². The number of hydrogen-bond donors (Lipinski definition) is 0. The molecule has 0 radical (unpaired) electrons. The quantitative estimate of drug-likeness (QED) is 0.418. The Labute approximate surface area is 124 Å². The summed E-state index contributed by atoms with van der Waals surface area (Å²) in [5.74, 6) is -4.42. The second-order valence-corrected chi connectivity index (χ2v) is 4.24. The minimum Gasteiger partial charge on any atom is -0.550 e. The molecule has 0 fully saturated rings. The second kappa shape index (κ2) is 7.58. The fraction of sp³-hybridized carbons (Fsp3) is 0.308. The average Bonchev–Trinajstić information content (AvgIpc) is 2.37. The molecular formula is C13H11ClFO6-. The molecule has 0 spiro atoms. The Kier molecular flexibility index (Phi) is 6.10. The van der Waals surface area contributed by atoms with Crippen molar-refractivity contribution in [2.45, 2.75) is 13.3 Å². The van der Waals surface area contributed by atoms with E-state index >= 15 is 0 Å². The molecule has 0 N–H and O–H groups in total. The highest BCUT2D eigenvalue weighted by Crippen LogP contribution is 2.28. The predicted octanol–water partition coefficient (Wildman–Crippen LogP) is 0.744. The number of carbonyl (C=O) groups excluding carboxylic acids is 3. The first-order valence-electron chi connectivity index (χ1n) is 5.85. The van der Waals surface area contributed by atoms with Gasteiger partial charge in [0.05, 0.1) is 23.6 Å². The SMILES string of the molecule is CCOC(=O)COc1cc(C(=O)CC(=O)[O-])c(F)cc1Cl. The van der Waals surface area contributed by atoms with Crippen molar-refractivity contribution in [1.82, 2.24) is 0 Å². The maximum absolute atomic E-state index is 13.6. The predicted molar refractivity (Wildman–Crippen MR) is 67.5 cm³/mol. The van der Waals surface area contributed by atoms with Gasteiger partial charge in [-0.05, 0) is 19.1 Å². The number of Topliss-reactive ketones (excluding diaryl/α,β-unsaturated/α-hetero) is 1. The Morgan fingerprint density at radius 3 is 2.57 bits per heavy atom. The normalized spacial score (nSPS) is 10.0. The van der Waals surface area contributed by atoms with Gasteiger partial charge in [-0.25, -0.2) is 9.18 Å². The van der Waals surface area contributed by atoms with E-state index in [1.165, 1.54) is 0 Å². The van der Waals surface area contributed by atoms with Crippen LogP contribution in [0.25, 0.3) is 0 Å². The summed E-state index contributed by atoms with van der Waals surface area (Å²) in [4.78, 5) is 33.0. The lowest BCUT2D eigenvalue weighted by atomic mass is 10.1. The summed E-state index contributed by atoms with van der Waals surface area (Å²) in [6, 6.07) is 1.73. The minimum atomic E-state index is -1.64. The van der Waals surface area contributed by atoms with Gasteiger partial charge in [-0.3, -0.25) is 4.79 Å². The van der Waals surface area contributed by atoms with Crippen molar-refractivity contribution in [3.8, 4) is 5.75 Å². The van der Waals surface area contributed by atoms with Crippen molar-refractivity contribution in [2.75, 3.05) is 13.2 Å². The molecule has 0 amide bonds. The molecule has 8 heteroatoms. The fourth-order valence-electron chi connectivity index (χ4n) is 1.42. The molecule has 0 aromatic heterocycles. The molecule has 0 atom stereocenters. The molecule has 0 saturated heterocycles. The van der Waals surface area contributed by atoms with Gasteiger partial charge in [0.25, 0.3) is 0 Å². The first-order chi connectivity index (χ1) is 9.85. The Morgan fingerprint density at radius 2 is 2.00 bits per heavy atom. The molecule has 0 aliphatic rings. The van der Waals surface area contributed by atoms with Gasteiger partial charge in [0.2, 0.25) is 0 Å². The van der Waals surface area contributed by atoms with Crippen molar-refractivity contribution >= 4 is 29.3 Å². The van der Waals surface area contributed by atoms with Crippen LogP contribution in [-0.4, -0.2) is 30.9 Å². The molecule has 0 bridgehead atoms. The third kappa shape index (κ3) is 5.03. The molecule has 21 heavy (non-hydrogen) atoms. The lowest BCUT2D eigenvalue weighted by Gasteiger charge is -2.10. The highest BCUT2D eigenvalue weighted by molar-refractivity contribution is 6.32. The first kappa shape index (κ1) is 16.9. The second-order valence-electron chi connectivity index (χ2n) is 3.83. The van der Waals surface area contributed by atoms with Gasteiger partial charge in [-0.2, -0.15) is 0 Å². The molecule has 1 aromatic rings. The van der Waals surface area contributed by atoms with E-state index in [1.807, 2.05) is 0 Å². The molecule has 114 valence electrons. The highest BCUT2D eigenvalue weighted by Gasteiger charge is 2.17. The van der Waals surface area contributed by atoms with Crippen molar-refractivity contribution in [3.63, 3.8) is 0 Å². The van der Waals surface area contributed by atoms with Crippen molar-refractivity contribution < 1.29 is 33.4 Å². The molecule has 0 aliphatic carbocycles. The molecule has 1 rings (SSSR count). The Balaban J connectivity index is 2.93. The monoisotopic (exact) mass is 317 g/mol. The van der Waals surface area contributed by atoms with Crippen molar-refractivity contribution in [3.05, 3.63) is 28.5 Å². The number of carboxylic acids is 1. The van der Waals surface area contributed by atoms with Gasteiger partial charge < -0.3 is 19.4 Å². The highest BCUT2D eigenvalue weighted by atomic mass is 35.5. The van der Waals surface area contributed by atoms with E-state index in [0.717, 1.165) is 12.1 Å². The zero-order chi connectivity index (χ0) is 16.0. The molecule has 0 unspecified atom stereocenters. The Bertz CT molecular complexity index is 572. The smallest absolute Gasteiger partial charge is 0.344 e. The fourth-order valence-corrected chi connectivity index (χ4v) is 1.62. The minimum absolute atomic E-state index is 0.132.